The molecule has 1 N–H and O–H groups in total. The van der Waals surface area contributed by atoms with Gasteiger partial charge in [-0.25, -0.2) is 9.78 Å². The lowest BCUT2D eigenvalue weighted by Crippen LogP contribution is -2.06. The second-order valence-electron chi connectivity index (χ2n) is 5.14. The third-order valence-electron chi connectivity index (χ3n) is 3.49. The van der Waals surface area contributed by atoms with Crippen molar-refractivity contribution in [2.45, 2.75) is 13.8 Å². The molecule has 0 amide bonds. The molecule has 0 saturated heterocycles. The van der Waals surface area contributed by atoms with Crippen LogP contribution < -0.4 is 0 Å². The van der Waals surface area contributed by atoms with Gasteiger partial charge in [-0.2, -0.15) is 5.10 Å². The zero-order valence-corrected chi connectivity index (χ0v) is 14.3. The first-order chi connectivity index (χ1) is 12.0. The van der Waals surface area contributed by atoms with E-state index < -0.39 is 10.9 Å². The molecule has 25 heavy (non-hydrogen) atoms. The van der Waals surface area contributed by atoms with E-state index in [0.29, 0.717) is 33.2 Å². The van der Waals surface area contributed by atoms with E-state index in [0.717, 1.165) is 0 Å². The Balaban J connectivity index is 1.99. The summed E-state index contributed by atoms with van der Waals surface area (Å²) in [5.41, 5.74) is 2.57. The highest BCUT2D eigenvalue weighted by molar-refractivity contribution is 7.13. The number of carbonyl (C=O) groups is 1. The number of carbonyl (C=O) groups excluding carboxylic acids is 1. The summed E-state index contributed by atoms with van der Waals surface area (Å²) in [6, 6.07) is 6.23. The molecule has 0 fully saturated rings. The molecule has 0 unspecified atom stereocenters. The first-order valence-corrected chi connectivity index (χ1v) is 8.32. The number of aryl methyl sites for hydroxylation is 1. The van der Waals surface area contributed by atoms with Gasteiger partial charge in [-0.05, 0) is 13.8 Å². The quantitative estimate of drug-likeness (QED) is 0.424. The third-order valence-corrected chi connectivity index (χ3v) is 4.34. The SMILES string of the molecule is CCOC(=O)c1c(-c2nc(-c3cccc([N+](=O)[O-])c3)cs2)n[nH]c1C. The van der Waals surface area contributed by atoms with E-state index in [1.54, 1.807) is 31.4 Å². The predicted molar refractivity (Wildman–Crippen MR) is 92.5 cm³/mol. The number of benzene rings is 1. The van der Waals surface area contributed by atoms with Crippen LogP contribution in [0.15, 0.2) is 29.6 Å². The molecule has 2 heterocycles. The van der Waals surface area contributed by atoms with Gasteiger partial charge < -0.3 is 4.74 Å². The monoisotopic (exact) mass is 358 g/mol. The van der Waals surface area contributed by atoms with Crippen molar-refractivity contribution < 1.29 is 14.5 Å². The Morgan fingerprint density at radius 2 is 2.24 bits per heavy atom. The minimum absolute atomic E-state index is 0.00474. The van der Waals surface area contributed by atoms with Gasteiger partial charge in [-0.1, -0.05) is 12.1 Å². The number of hydrogen-bond acceptors (Lipinski definition) is 7. The Morgan fingerprint density at radius 1 is 1.44 bits per heavy atom. The molecule has 0 aliphatic carbocycles. The lowest BCUT2D eigenvalue weighted by Gasteiger charge is -2.01. The van der Waals surface area contributed by atoms with Crippen LogP contribution >= 0.6 is 11.3 Å². The molecule has 0 radical (unpaired) electrons. The van der Waals surface area contributed by atoms with Gasteiger partial charge in [0.15, 0.2) is 0 Å². The highest BCUT2D eigenvalue weighted by Crippen LogP contribution is 2.32. The average molecular weight is 358 g/mol. The van der Waals surface area contributed by atoms with Crippen LogP contribution in [0, 0.1) is 17.0 Å². The lowest BCUT2D eigenvalue weighted by molar-refractivity contribution is -0.384. The number of nitro benzene ring substituents is 1. The number of aromatic nitrogens is 3. The molecule has 0 atom stereocenters. The fourth-order valence-corrected chi connectivity index (χ4v) is 3.15. The molecule has 0 bridgehead atoms. The number of thiazole rings is 1. The van der Waals surface area contributed by atoms with Crippen molar-refractivity contribution in [3.8, 4) is 22.0 Å². The average Bonchev–Trinajstić information content (AvgIpc) is 3.21. The zero-order chi connectivity index (χ0) is 18.0. The van der Waals surface area contributed by atoms with E-state index in [-0.39, 0.29) is 12.3 Å². The minimum atomic E-state index is -0.462. The van der Waals surface area contributed by atoms with Gasteiger partial charge in [0.25, 0.3) is 5.69 Å². The third kappa shape index (κ3) is 3.26. The summed E-state index contributed by atoms with van der Waals surface area (Å²) in [6.07, 6.45) is 0. The van der Waals surface area contributed by atoms with Crippen LogP contribution in [0.25, 0.3) is 22.0 Å². The van der Waals surface area contributed by atoms with Gasteiger partial charge in [0.05, 0.1) is 17.2 Å². The molecule has 128 valence electrons. The van der Waals surface area contributed by atoms with Gasteiger partial charge in [-0.15, -0.1) is 11.3 Å². The Bertz CT molecular complexity index is 947. The second-order valence-corrected chi connectivity index (χ2v) is 6.00. The maximum Gasteiger partial charge on any atom is 0.342 e. The van der Waals surface area contributed by atoms with E-state index in [1.807, 2.05) is 0 Å². The molecule has 0 aliphatic heterocycles. The fraction of sp³-hybridized carbons (Fsp3) is 0.188. The molecule has 0 spiro atoms. The number of nitrogens with zero attached hydrogens (tertiary/aromatic N) is 3. The van der Waals surface area contributed by atoms with Crippen molar-refractivity contribution in [1.82, 2.24) is 15.2 Å². The van der Waals surface area contributed by atoms with Crippen LogP contribution in [0.1, 0.15) is 23.0 Å². The summed E-state index contributed by atoms with van der Waals surface area (Å²) in [5.74, 6) is -0.462. The largest absolute Gasteiger partial charge is 0.462 e. The Morgan fingerprint density at radius 3 is 2.96 bits per heavy atom. The summed E-state index contributed by atoms with van der Waals surface area (Å²) < 4.78 is 5.07. The van der Waals surface area contributed by atoms with Gasteiger partial charge in [0.2, 0.25) is 0 Å². The van der Waals surface area contributed by atoms with Crippen molar-refractivity contribution in [2.75, 3.05) is 6.61 Å². The van der Waals surface area contributed by atoms with E-state index in [1.165, 1.54) is 23.5 Å². The maximum absolute atomic E-state index is 12.1. The van der Waals surface area contributed by atoms with E-state index in [9.17, 15) is 14.9 Å². The molecule has 0 saturated carbocycles. The van der Waals surface area contributed by atoms with Crippen molar-refractivity contribution in [1.29, 1.82) is 0 Å². The molecule has 0 aliphatic rings. The topological polar surface area (TPSA) is 111 Å². The summed E-state index contributed by atoms with van der Waals surface area (Å²) in [7, 11) is 0. The van der Waals surface area contributed by atoms with Crippen LogP contribution in [0.5, 0.6) is 0 Å². The molecule has 3 aromatic rings. The maximum atomic E-state index is 12.1. The van der Waals surface area contributed by atoms with Crippen LogP contribution in [0.3, 0.4) is 0 Å². The number of non-ortho nitro benzene ring substituents is 1. The standard InChI is InChI=1S/C16H14N4O4S/c1-3-24-16(21)13-9(2)18-19-14(13)15-17-12(8-25-15)10-5-4-6-11(7-10)20(22)23/h4-8H,3H2,1-2H3,(H,18,19). The number of H-pyrrole nitrogens is 1. The summed E-state index contributed by atoms with van der Waals surface area (Å²) in [4.78, 5) is 27.1. The molecule has 1 aromatic carbocycles. The summed E-state index contributed by atoms with van der Waals surface area (Å²) >= 11 is 1.30. The van der Waals surface area contributed by atoms with E-state index in [2.05, 4.69) is 15.2 Å². The normalized spacial score (nSPS) is 10.6. The van der Waals surface area contributed by atoms with Gasteiger partial charge >= 0.3 is 5.97 Å². The van der Waals surface area contributed by atoms with Gasteiger partial charge in [0, 0.05) is 28.8 Å². The van der Waals surface area contributed by atoms with Crippen LogP contribution in [-0.4, -0.2) is 32.7 Å². The Labute approximate surface area is 146 Å². The van der Waals surface area contributed by atoms with Crippen LogP contribution in [-0.2, 0) is 4.74 Å². The molecule has 8 nitrogen and oxygen atoms in total. The summed E-state index contributed by atoms with van der Waals surface area (Å²) in [5, 5.41) is 20.2. The number of nitro groups is 1. The van der Waals surface area contributed by atoms with E-state index in [4.69, 9.17) is 4.74 Å². The van der Waals surface area contributed by atoms with Gasteiger partial charge in [-0.3, -0.25) is 15.2 Å². The smallest absolute Gasteiger partial charge is 0.342 e. The van der Waals surface area contributed by atoms with Crippen molar-refractivity contribution in [3.05, 3.63) is 51.0 Å². The highest BCUT2D eigenvalue weighted by Gasteiger charge is 2.23. The first kappa shape index (κ1) is 16.8. The highest BCUT2D eigenvalue weighted by atomic mass is 32.1. The Hall–Kier alpha value is -3.07. The number of rotatable bonds is 5. The fourth-order valence-electron chi connectivity index (χ4n) is 2.33. The van der Waals surface area contributed by atoms with Crippen LogP contribution in [0.2, 0.25) is 0 Å². The minimum Gasteiger partial charge on any atom is -0.462 e. The van der Waals surface area contributed by atoms with Gasteiger partial charge in [0.1, 0.15) is 16.3 Å². The number of aromatic amines is 1. The second kappa shape index (κ2) is 6.81. The number of hydrogen-bond donors (Lipinski definition) is 1. The summed E-state index contributed by atoms with van der Waals surface area (Å²) in [6.45, 7) is 3.73. The number of ether oxygens (including phenoxy) is 1. The van der Waals surface area contributed by atoms with Crippen molar-refractivity contribution in [2.24, 2.45) is 0 Å². The van der Waals surface area contributed by atoms with Crippen molar-refractivity contribution in [3.63, 3.8) is 0 Å². The molecule has 2 aromatic heterocycles. The lowest BCUT2D eigenvalue weighted by atomic mass is 10.1. The van der Waals surface area contributed by atoms with E-state index >= 15 is 0 Å². The molecule has 9 heteroatoms. The zero-order valence-electron chi connectivity index (χ0n) is 13.5. The Kier molecular flexibility index (Phi) is 4.57. The first-order valence-electron chi connectivity index (χ1n) is 7.44. The molecular formula is C16H14N4O4S. The van der Waals surface area contributed by atoms with Crippen LogP contribution in [0.4, 0.5) is 5.69 Å². The molecular weight excluding hydrogens is 344 g/mol. The number of esters is 1. The number of nitrogens with one attached hydrogen (secondary N) is 1. The predicted octanol–water partition coefficient (Wildman–Crippen LogP) is 3.59. The molecule has 3 rings (SSSR count). The van der Waals surface area contributed by atoms with Crippen molar-refractivity contribution >= 4 is 23.0 Å².